The normalized spacial score (nSPS) is 10.7. The first kappa shape index (κ1) is 6.85. The van der Waals surface area contributed by atoms with Crippen molar-refractivity contribution in [3.63, 3.8) is 0 Å². The van der Waals surface area contributed by atoms with Crippen molar-refractivity contribution in [1.29, 1.82) is 0 Å². The fraction of sp³-hybridized carbons (Fsp3) is 0.125. The van der Waals surface area contributed by atoms with Gasteiger partial charge in [-0.3, -0.25) is 0 Å². The number of aromatic nitrogens is 1. The van der Waals surface area contributed by atoms with Crippen LogP contribution in [-0.4, -0.2) is 5.16 Å². The summed E-state index contributed by atoms with van der Waals surface area (Å²) < 4.78 is 5.67. The van der Waals surface area contributed by atoms with Gasteiger partial charge in [-0.1, -0.05) is 17.3 Å². The van der Waals surface area contributed by atoms with Gasteiger partial charge >= 0.3 is 0 Å². The highest BCUT2D eigenvalue weighted by atomic mass is 79.9. The Bertz CT molecular complexity index is 394. The van der Waals surface area contributed by atoms with Crippen LogP contribution in [0.25, 0.3) is 10.9 Å². The van der Waals surface area contributed by atoms with Crippen LogP contribution >= 0.6 is 15.9 Å². The summed E-state index contributed by atoms with van der Waals surface area (Å²) in [4.78, 5) is 0. The van der Waals surface area contributed by atoms with Crippen molar-refractivity contribution >= 4 is 26.8 Å². The molecule has 1 heterocycles. The van der Waals surface area contributed by atoms with Crippen molar-refractivity contribution in [2.45, 2.75) is 6.92 Å². The van der Waals surface area contributed by atoms with Crippen molar-refractivity contribution in [2.75, 3.05) is 0 Å². The molecular weight excluding hydrogens is 206 g/mol. The number of benzene rings is 1. The maximum Gasteiger partial charge on any atom is 0.209 e. The Morgan fingerprint density at radius 1 is 1.45 bits per heavy atom. The molecule has 11 heavy (non-hydrogen) atoms. The number of fused-ring (bicyclic) bond motifs is 1. The second-order valence-corrected chi connectivity index (χ2v) is 3.15. The zero-order valence-electron chi connectivity index (χ0n) is 5.97. The van der Waals surface area contributed by atoms with Crippen molar-refractivity contribution in [3.05, 3.63) is 28.4 Å². The highest BCUT2D eigenvalue weighted by molar-refractivity contribution is 9.10. The summed E-state index contributed by atoms with van der Waals surface area (Å²) >= 11 is 3.27. The number of rotatable bonds is 0. The number of halogens is 1. The van der Waals surface area contributed by atoms with Crippen LogP contribution in [0.3, 0.4) is 0 Å². The molecule has 2 rings (SSSR count). The number of nitrogens with zero attached hydrogens (tertiary/aromatic N) is 1. The Balaban J connectivity index is 2.94. The van der Waals surface area contributed by atoms with Gasteiger partial charge in [-0.25, -0.2) is 0 Å². The van der Waals surface area contributed by atoms with Gasteiger partial charge in [0.2, 0.25) is 4.67 Å². The lowest BCUT2D eigenvalue weighted by Gasteiger charge is -1.89. The monoisotopic (exact) mass is 211 g/mol. The zero-order chi connectivity index (χ0) is 7.84. The lowest BCUT2D eigenvalue weighted by Crippen LogP contribution is -1.73. The number of hydrogen-bond donors (Lipinski definition) is 0. The van der Waals surface area contributed by atoms with Crippen LogP contribution in [0.15, 0.2) is 27.4 Å². The quantitative estimate of drug-likeness (QED) is 0.670. The molecule has 0 spiro atoms. The molecule has 0 atom stereocenters. The first-order valence-electron chi connectivity index (χ1n) is 3.29. The van der Waals surface area contributed by atoms with Crippen LogP contribution in [-0.2, 0) is 0 Å². The van der Waals surface area contributed by atoms with Gasteiger partial charge in [0.1, 0.15) is 5.52 Å². The van der Waals surface area contributed by atoms with E-state index >= 15 is 0 Å². The van der Waals surface area contributed by atoms with E-state index in [0.717, 1.165) is 16.5 Å². The molecule has 56 valence electrons. The maximum atomic E-state index is 4.96. The predicted octanol–water partition coefficient (Wildman–Crippen LogP) is 2.90. The molecule has 1 aromatic carbocycles. The van der Waals surface area contributed by atoms with Gasteiger partial charge in [-0.2, -0.15) is 0 Å². The minimum absolute atomic E-state index is 0.705. The molecule has 0 saturated carbocycles. The molecule has 0 saturated heterocycles. The average Bonchev–Trinajstić information content (AvgIpc) is 2.35. The van der Waals surface area contributed by atoms with E-state index in [1.54, 1.807) is 0 Å². The number of hydrogen-bond acceptors (Lipinski definition) is 2. The van der Waals surface area contributed by atoms with E-state index in [4.69, 9.17) is 4.52 Å². The smallest absolute Gasteiger partial charge is 0.209 e. The molecule has 2 aromatic rings. The highest BCUT2D eigenvalue weighted by Gasteiger charge is 2.05. The summed E-state index contributed by atoms with van der Waals surface area (Å²) in [5.74, 6) is 0. The van der Waals surface area contributed by atoms with Crippen molar-refractivity contribution < 1.29 is 4.52 Å². The summed E-state index contributed by atoms with van der Waals surface area (Å²) in [6.07, 6.45) is 0. The molecule has 0 aliphatic rings. The molecule has 0 aliphatic heterocycles. The molecule has 0 fully saturated rings. The lowest BCUT2D eigenvalue weighted by atomic mass is 10.2. The van der Waals surface area contributed by atoms with Crippen molar-refractivity contribution in [3.8, 4) is 0 Å². The molecule has 1 aromatic heterocycles. The lowest BCUT2D eigenvalue weighted by molar-refractivity contribution is 0.408. The van der Waals surface area contributed by atoms with Crippen LogP contribution in [0.5, 0.6) is 0 Å². The van der Waals surface area contributed by atoms with Crippen LogP contribution in [0.2, 0.25) is 0 Å². The predicted molar refractivity (Wildman–Crippen MR) is 46.4 cm³/mol. The minimum Gasteiger partial charge on any atom is -0.348 e. The summed E-state index contributed by atoms with van der Waals surface area (Å²) in [5.41, 5.74) is 2.07. The minimum atomic E-state index is 0.705. The third-order valence-corrected chi connectivity index (χ3v) is 2.24. The van der Waals surface area contributed by atoms with Gasteiger partial charge in [0.15, 0.2) is 0 Å². The molecule has 0 unspecified atom stereocenters. The van der Waals surface area contributed by atoms with Crippen molar-refractivity contribution in [2.24, 2.45) is 0 Å². The number of aryl methyl sites for hydroxylation is 1. The van der Waals surface area contributed by atoms with E-state index in [-0.39, 0.29) is 0 Å². The fourth-order valence-electron chi connectivity index (χ4n) is 1.07. The second-order valence-electron chi connectivity index (χ2n) is 2.43. The molecule has 0 N–H and O–H groups in total. The average molecular weight is 212 g/mol. The second kappa shape index (κ2) is 2.34. The van der Waals surface area contributed by atoms with E-state index in [1.807, 2.05) is 25.1 Å². The van der Waals surface area contributed by atoms with Gasteiger partial charge in [0.25, 0.3) is 0 Å². The fourth-order valence-corrected chi connectivity index (χ4v) is 1.47. The topological polar surface area (TPSA) is 26.0 Å². The standard InChI is InChI=1S/C8H6BrNO/c1-5-3-2-4-6-7(5)10-11-8(6)9/h2-4H,1H3. The molecule has 0 bridgehead atoms. The van der Waals surface area contributed by atoms with Crippen LogP contribution in [0.4, 0.5) is 0 Å². The Morgan fingerprint density at radius 3 is 3.00 bits per heavy atom. The van der Waals surface area contributed by atoms with Gasteiger partial charge in [0, 0.05) is 0 Å². The zero-order valence-corrected chi connectivity index (χ0v) is 7.55. The Morgan fingerprint density at radius 2 is 2.27 bits per heavy atom. The van der Waals surface area contributed by atoms with E-state index in [9.17, 15) is 0 Å². The largest absolute Gasteiger partial charge is 0.348 e. The van der Waals surface area contributed by atoms with Gasteiger partial charge < -0.3 is 4.52 Å². The molecule has 0 radical (unpaired) electrons. The summed E-state index contributed by atoms with van der Waals surface area (Å²) in [7, 11) is 0. The van der Waals surface area contributed by atoms with Crippen LogP contribution in [0, 0.1) is 6.92 Å². The summed E-state index contributed by atoms with van der Waals surface area (Å²) in [6.45, 7) is 2.01. The SMILES string of the molecule is Cc1cccc2c(Br)onc12. The van der Waals surface area contributed by atoms with Gasteiger partial charge in [0.05, 0.1) is 5.39 Å². The van der Waals surface area contributed by atoms with Crippen LogP contribution < -0.4 is 0 Å². The van der Waals surface area contributed by atoms with Gasteiger partial charge in [-0.05, 0) is 34.5 Å². The third kappa shape index (κ3) is 0.959. The van der Waals surface area contributed by atoms with Crippen molar-refractivity contribution in [1.82, 2.24) is 5.16 Å². The maximum absolute atomic E-state index is 4.96. The third-order valence-electron chi connectivity index (χ3n) is 1.67. The van der Waals surface area contributed by atoms with E-state index in [2.05, 4.69) is 21.1 Å². The molecule has 3 heteroatoms. The summed E-state index contributed by atoms with van der Waals surface area (Å²) in [5, 5.41) is 4.93. The van der Waals surface area contributed by atoms with E-state index in [1.165, 1.54) is 0 Å². The Labute approximate surface area is 72.3 Å². The molecule has 2 nitrogen and oxygen atoms in total. The molecule has 0 amide bonds. The first-order valence-corrected chi connectivity index (χ1v) is 4.09. The van der Waals surface area contributed by atoms with E-state index in [0.29, 0.717) is 4.67 Å². The Kier molecular flexibility index (Phi) is 1.46. The Hall–Kier alpha value is -0.830. The molecule has 0 aliphatic carbocycles. The van der Waals surface area contributed by atoms with Gasteiger partial charge in [-0.15, -0.1) is 0 Å². The first-order chi connectivity index (χ1) is 5.29. The highest BCUT2D eigenvalue weighted by Crippen LogP contribution is 2.24. The van der Waals surface area contributed by atoms with Crippen LogP contribution in [0.1, 0.15) is 5.56 Å². The molecular formula is C8H6BrNO. The van der Waals surface area contributed by atoms with E-state index < -0.39 is 0 Å². The summed E-state index contributed by atoms with van der Waals surface area (Å²) in [6, 6.07) is 5.97.